The molecule has 2 rings (SSSR count). The molecule has 1 N–H and O–H groups in total. The van der Waals surface area contributed by atoms with Crippen molar-refractivity contribution in [3.05, 3.63) is 35.4 Å². The number of benzene rings is 1. The molecule has 0 saturated carbocycles. The number of rotatable bonds is 7. The van der Waals surface area contributed by atoms with Gasteiger partial charge in [0.05, 0.1) is 13.2 Å². The van der Waals surface area contributed by atoms with Gasteiger partial charge in [-0.25, -0.2) is 0 Å². The maximum absolute atomic E-state index is 5.41. The van der Waals surface area contributed by atoms with Crippen LogP contribution >= 0.6 is 0 Å². The van der Waals surface area contributed by atoms with Crippen molar-refractivity contribution < 1.29 is 4.74 Å². The second-order valence-corrected chi connectivity index (χ2v) is 5.66. The molecule has 0 aromatic heterocycles. The first kappa shape index (κ1) is 15.5. The van der Waals surface area contributed by atoms with Crippen molar-refractivity contribution in [2.45, 2.75) is 32.7 Å². The van der Waals surface area contributed by atoms with E-state index < -0.39 is 0 Å². The lowest BCUT2D eigenvalue weighted by molar-refractivity contribution is 0.0361. The average Bonchev–Trinajstić information content (AvgIpc) is 2.50. The van der Waals surface area contributed by atoms with Crippen molar-refractivity contribution in [2.24, 2.45) is 0 Å². The molecule has 112 valence electrons. The zero-order valence-electron chi connectivity index (χ0n) is 12.9. The Morgan fingerprint density at radius 1 is 1.20 bits per heavy atom. The molecule has 1 fully saturated rings. The monoisotopic (exact) mass is 276 g/mol. The van der Waals surface area contributed by atoms with Crippen LogP contribution in [0.5, 0.6) is 0 Å². The molecule has 0 spiro atoms. The van der Waals surface area contributed by atoms with Crippen LogP contribution < -0.4 is 5.32 Å². The number of hydrogen-bond acceptors (Lipinski definition) is 3. The molecule has 0 bridgehead atoms. The Balaban J connectivity index is 1.90. The lowest BCUT2D eigenvalue weighted by Crippen LogP contribution is -2.38. The van der Waals surface area contributed by atoms with E-state index in [1.807, 2.05) is 0 Å². The van der Waals surface area contributed by atoms with Gasteiger partial charge in [-0.3, -0.25) is 4.90 Å². The minimum atomic E-state index is 0.471. The molecule has 0 amide bonds. The smallest absolute Gasteiger partial charge is 0.0594 e. The first-order valence-electron chi connectivity index (χ1n) is 7.89. The highest BCUT2D eigenvalue weighted by atomic mass is 16.5. The Bertz CT molecular complexity index is 371. The summed E-state index contributed by atoms with van der Waals surface area (Å²) in [6.07, 6.45) is 2.35. The molecule has 1 unspecified atom stereocenters. The largest absolute Gasteiger partial charge is 0.379 e. The molecular formula is C17H28N2O. The Morgan fingerprint density at radius 2 is 1.90 bits per heavy atom. The second kappa shape index (κ2) is 8.40. The Kier molecular flexibility index (Phi) is 6.51. The van der Waals surface area contributed by atoms with Gasteiger partial charge in [0.1, 0.15) is 0 Å². The SMILES string of the molecule is CCCNC(CCN1CCOCC1)c1ccc(C)cc1. The average molecular weight is 276 g/mol. The lowest BCUT2D eigenvalue weighted by atomic mass is 10.0. The first-order valence-corrected chi connectivity index (χ1v) is 7.89. The van der Waals surface area contributed by atoms with Gasteiger partial charge in [0.2, 0.25) is 0 Å². The molecule has 1 aliphatic heterocycles. The summed E-state index contributed by atoms with van der Waals surface area (Å²) in [7, 11) is 0. The van der Waals surface area contributed by atoms with E-state index in [0.29, 0.717) is 6.04 Å². The van der Waals surface area contributed by atoms with Gasteiger partial charge in [-0.2, -0.15) is 0 Å². The number of ether oxygens (including phenoxy) is 1. The van der Waals surface area contributed by atoms with E-state index in [1.165, 1.54) is 24.0 Å². The third-order valence-electron chi connectivity index (χ3n) is 3.96. The van der Waals surface area contributed by atoms with Gasteiger partial charge in [-0.1, -0.05) is 36.8 Å². The maximum Gasteiger partial charge on any atom is 0.0594 e. The molecule has 1 heterocycles. The van der Waals surface area contributed by atoms with E-state index >= 15 is 0 Å². The van der Waals surface area contributed by atoms with Gasteiger partial charge in [-0.15, -0.1) is 0 Å². The zero-order valence-corrected chi connectivity index (χ0v) is 12.9. The third-order valence-corrected chi connectivity index (χ3v) is 3.96. The van der Waals surface area contributed by atoms with Gasteiger partial charge in [0.15, 0.2) is 0 Å². The summed E-state index contributed by atoms with van der Waals surface area (Å²) in [5.41, 5.74) is 2.74. The van der Waals surface area contributed by atoms with Crippen molar-refractivity contribution in [3.63, 3.8) is 0 Å². The van der Waals surface area contributed by atoms with E-state index in [-0.39, 0.29) is 0 Å². The summed E-state index contributed by atoms with van der Waals surface area (Å²) in [5, 5.41) is 3.69. The second-order valence-electron chi connectivity index (χ2n) is 5.66. The maximum atomic E-state index is 5.41. The number of morpholine rings is 1. The molecule has 3 heteroatoms. The van der Waals surface area contributed by atoms with Crippen LogP contribution in [-0.2, 0) is 4.74 Å². The molecule has 20 heavy (non-hydrogen) atoms. The first-order chi connectivity index (χ1) is 9.79. The van der Waals surface area contributed by atoms with Crippen LogP contribution in [0.25, 0.3) is 0 Å². The summed E-state index contributed by atoms with van der Waals surface area (Å²) < 4.78 is 5.41. The fraction of sp³-hybridized carbons (Fsp3) is 0.647. The van der Waals surface area contributed by atoms with Gasteiger partial charge in [0.25, 0.3) is 0 Å². The molecule has 1 aromatic carbocycles. The Labute approximate surface area is 123 Å². The number of nitrogens with one attached hydrogen (secondary N) is 1. The minimum Gasteiger partial charge on any atom is -0.379 e. The Hall–Kier alpha value is -0.900. The molecule has 1 aromatic rings. The van der Waals surface area contributed by atoms with Crippen LogP contribution in [0.3, 0.4) is 0 Å². The van der Waals surface area contributed by atoms with Gasteiger partial charge in [-0.05, 0) is 31.9 Å². The molecule has 0 radical (unpaired) electrons. The lowest BCUT2D eigenvalue weighted by Gasteiger charge is -2.29. The quantitative estimate of drug-likeness (QED) is 0.829. The summed E-state index contributed by atoms with van der Waals surface area (Å²) in [5.74, 6) is 0. The molecule has 3 nitrogen and oxygen atoms in total. The van der Waals surface area contributed by atoms with Crippen LogP contribution in [0.15, 0.2) is 24.3 Å². The highest BCUT2D eigenvalue weighted by Crippen LogP contribution is 2.18. The van der Waals surface area contributed by atoms with Crippen LogP contribution in [-0.4, -0.2) is 44.3 Å². The van der Waals surface area contributed by atoms with Gasteiger partial charge < -0.3 is 10.1 Å². The van der Waals surface area contributed by atoms with Gasteiger partial charge in [0, 0.05) is 25.7 Å². The minimum absolute atomic E-state index is 0.471. The number of aryl methyl sites for hydroxylation is 1. The molecule has 1 saturated heterocycles. The predicted octanol–water partition coefficient (Wildman–Crippen LogP) is 2.76. The normalized spacial score (nSPS) is 18.1. The van der Waals surface area contributed by atoms with Crippen LogP contribution in [0.4, 0.5) is 0 Å². The van der Waals surface area contributed by atoms with Crippen LogP contribution in [0.1, 0.15) is 36.9 Å². The van der Waals surface area contributed by atoms with Crippen LogP contribution in [0.2, 0.25) is 0 Å². The predicted molar refractivity (Wildman–Crippen MR) is 84.1 cm³/mol. The summed E-state index contributed by atoms with van der Waals surface area (Å²) >= 11 is 0. The fourth-order valence-corrected chi connectivity index (χ4v) is 2.64. The van der Waals surface area contributed by atoms with Crippen molar-refractivity contribution in [2.75, 3.05) is 39.4 Å². The Morgan fingerprint density at radius 3 is 2.55 bits per heavy atom. The summed E-state index contributed by atoms with van der Waals surface area (Å²) in [6.45, 7) is 10.5. The van der Waals surface area contributed by atoms with Crippen LogP contribution in [0, 0.1) is 6.92 Å². The van der Waals surface area contributed by atoms with Gasteiger partial charge >= 0.3 is 0 Å². The third kappa shape index (κ3) is 4.89. The van der Waals surface area contributed by atoms with E-state index in [0.717, 1.165) is 39.4 Å². The van der Waals surface area contributed by atoms with Crippen molar-refractivity contribution in [1.82, 2.24) is 10.2 Å². The van der Waals surface area contributed by atoms with Crippen molar-refractivity contribution >= 4 is 0 Å². The molecule has 1 aliphatic rings. The summed E-state index contributed by atoms with van der Waals surface area (Å²) in [4.78, 5) is 2.51. The van der Waals surface area contributed by atoms with E-state index in [9.17, 15) is 0 Å². The fourth-order valence-electron chi connectivity index (χ4n) is 2.64. The highest BCUT2D eigenvalue weighted by Gasteiger charge is 2.15. The molecule has 1 atom stereocenters. The van der Waals surface area contributed by atoms with E-state index in [2.05, 4.69) is 48.3 Å². The standard InChI is InChI=1S/C17H28N2O/c1-3-9-18-17(16-6-4-15(2)5-7-16)8-10-19-11-13-20-14-12-19/h4-7,17-18H,3,8-14H2,1-2H3. The number of nitrogens with zero attached hydrogens (tertiary/aromatic N) is 1. The highest BCUT2D eigenvalue weighted by molar-refractivity contribution is 5.24. The zero-order chi connectivity index (χ0) is 14.2. The molecular weight excluding hydrogens is 248 g/mol. The van der Waals surface area contributed by atoms with E-state index in [1.54, 1.807) is 0 Å². The topological polar surface area (TPSA) is 24.5 Å². The van der Waals surface area contributed by atoms with Crippen molar-refractivity contribution in [1.29, 1.82) is 0 Å². The number of hydrogen-bond donors (Lipinski definition) is 1. The van der Waals surface area contributed by atoms with E-state index in [4.69, 9.17) is 4.74 Å². The van der Waals surface area contributed by atoms with Crippen molar-refractivity contribution in [3.8, 4) is 0 Å². The molecule has 0 aliphatic carbocycles. The summed E-state index contributed by atoms with van der Waals surface area (Å²) in [6, 6.07) is 9.43.